The maximum Gasteiger partial charge on any atom is 0.321 e. The van der Waals surface area contributed by atoms with Crippen molar-refractivity contribution in [3.8, 4) is 0 Å². The molecule has 0 atom stereocenters. The molecule has 1 saturated heterocycles. The summed E-state index contributed by atoms with van der Waals surface area (Å²) >= 11 is 0. The number of urea groups is 1. The zero-order valence-corrected chi connectivity index (χ0v) is 15.9. The van der Waals surface area contributed by atoms with Gasteiger partial charge in [0.2, 0.25) is 0 Å². The van der Waals surface area contributed by atoms with Gasteiger partial charge in [-0.3, -0.25) is 0 Å². The Labute approximate surface area is 154 Å². The van der Waals surface area contributed by atoms with E-state index in [1.165, 1.54) is 0 Å². The van der Waals surface area contributed by atoms with Gasteiger partial charge >= 0.3 is 6.03 Å². The van der Waals surface area contributed by atoms with Crippen LogP contribution in [0.2, 0.25) is 0 Å². The minimum Gasteiger partial charge on any atom is -0.376 e. The highest BCUT2D eigenvalue weighted by atomic mass is 16.2. The molecule has 138 valence electrons. The molecule has 2 aromatic rings. The molecule has 7 nitrogen and oxygen atoms in total. The van der Waals surface area contributed by atoms with Gasteiger partial charge < -0.3 is 20.0 Å². The number of nitrogens with one attached hydrogen (secondary N) is 1. The van der Waals surface area contributed by atoms with Crippen LogP contribution in [0.5, 0.6) is 0 Å². The summed E-state index contributed by atoms with van der Waals surface area (Å²) in [5.41, 5.74) is 4.15. The number of amides is 2. The third-order valence-corrected chi connectivity index (χ3v) is 4.51. The molecule has 3 rings (SSSR count). The molecule has 1 aromatic carbocycles. The zero-order chi connectivity index (χ0) is 18.7. The highest BCUT2D eigenvalue weighted by molar-refractivity contribution is 5.89. The second-order valence-electron chi connectivity index (χ2n) is 6.95. The minimum atomic E-state index is -0.0530. The number of hydrogen-bond acceptors (Lipinski definition) is 5. The van der Waals surface area contributed by atoms with Crippen molar-refractivity contribution in [1.82, 2.24) is 15.1 Å². The molecule has 1 aromatic heterocycles. The maximum absolute atomic E-state index is 12.5. The van der Waals surface area contributed by atoms with Crippen LogP contribution in [0.25, 0.3) is 0 Å². The second kappa shape index (κ2) is 7.59. The molecular weight excluding hydrogens is 328 g/mol. The lowest BCUT2D eigenvalue weighted by atomic mass is 10.1. The molecule has 0 radical (unpaired) electrons. The minimum absolute atomic E-state index is 0.0530. The fourth-order valence-electron chi connectivity index (χ4n) is 3.13. The molecule has 1 N–H and O–H groups in total. The lowest BCUT2D eigenvalue weighted by molar-refractivity contribution is 0.208. The van der Waals surface area contributed by atoms with E-state index in [1.807, 2.05) is 55.9 Å². The number of piperazine rings is 1. The number of carbonyl (C=O) groups excluding carboxylic acids is 1. The van der Waals surface area contributed by atoms with Crippen LogP contribution in [0.4, 0.5) is 22.0 Å². The summed E-state index contributed by atoms with van der Waals surface area (Å²) in [5.74, 6) is 0.852. The normalized spacial score (nSPS) is 14.3. The van der Waals surface area contributed by atoms with E-state index in [2.05, 4.69) is 26.5 Å². The van der Waals surface area contributed by atoms with Gasteiger partial charge in [0.25, 0.3) is 0 Å². The molecule has 1 aliphatic heterocycles. The first-order valence-corrected chi connectivity index (χ1v) is 8.81. The van der Waals surface area contributed by atoms with Gasteiger partial charge in [0, 0.05) is 52.0 Å². The molecule has 2 heterocycles. The van der Waals surface area contributed by atoms with Crippen molar-refractivity contribution < 1.29 is 4.79 Å². The van der Waals surface area contributed by atoms with Gasteiger partial charge in [-0.05, 0) is 37.1 Å². The number of aryl methyl sites for hydroxylation is 2. The van der Waals surface area contributed by atoms with Gasteiger partial charge in [0.05, 0.1) is 11.9 Å². The molecule has 1 aliphatic rings. The first kappa shape index (κ1) is 18.0. The Kier molecular flexibility index (Phi) is 5.25. The predicted octanol–water partition coefficient (Wildman–Crippen LogP) is 2.51. The van der Waals surface area contributed by atoms with E-state index in [0.717, 1.165) is 41.4 Å². The van der Waals surface area contributed by atoms with Gasteiger partial charge in [0.15, 0.2) is 5.82 Å². The van der Waals surface area contributed by atoms with E-state index in [0.29, 0.717) is 13.1 Å². The SMILES string of the molecule is Cc1cc(C)cc(NC(=O)N2CCN(c3cc(N(C)C)cnn3)CC2)c1. The molecule has 1 fully saturated rings. The van der Waals surface area contributed by atoms with E-state index < -0.39 is 0 Å². The van der Waals surface area contributed by atoms with Crippen molar-refractivity contribution in [2.75, 3.05) is 55.4 Å². The fraction of sp³-hybridized carbons (Fsp3) is 0.421. The van der Waals surface area contributed by atoms with Crippen LogP contribution in [0, 0.1) is 13.8 Å². The van der Waals surface area contributed by atoms with Crippen molar-refractivity contribution >= 4 is 23.2 Å². The van der Waals surface area contributed by atoms with Gasteiger partial charge in [-0.1, -0.05) is 6.07 Å². The van der Waals surface area contributed by atoms with Crippen LogP contribution in [0.3, 0.4) is 0 Å². The molecular formula is C19H26N6O. The van der Waals surface area contributed by atoms with E-state index >= 15 is 0 Å². The molecule has 26 heavy (non-hydrogen) atoms. The van der Waals surface area contributed by atoms with Gasteiger partial charge in [0.1, 0.15) is 0 Å². The average Bonchev–Trinajstić information content (AvgIpc) is 2.61. The predicted molar refractivity (Wildman–Crippen MR) is 105 cm³/mol. The Morgan fingerprint density at radius 2 is 1.69 bits per heavy atom. The summed E-state index contributed by atoms with van der Waals surface area (Å²) in [6.45, 7) is 6.86. The summed E-state index contributed by atoms with van der Waals surface area (Å²) in [6.07, 6.45) is 1.75. The third kappa shape index (κ3) is 4.22. The lowest BCUT2D eigenvalue weighted by Gasteiger charge is -2.35. The Balaban J connectivity index is 1.59. The van der Waals surface area contributed by atoms with Crippen molar-refractivity contribution in [2.45, 2.75) is 13.8 Å². The first-order chi connectivity index (χ1) is 12.4. The number of nitrogens with zero attached hydrogens (tertiary/aromatic N) is 5. The standard InChI is InChI=1S/C19H26N6O/c1-14-9-15(2)11-16(10-14)21-19(26)25-7-5-24(6-8-25)18-12-17(23(3)4)13-20-22-18/h9-13H,5-8H2,1-4H3,(H,21,26). The van der Waals surface area contributed by atoms with Crippen molar-refractivity contribution in [2.24, 2.45) is 0 Å². The van der Waals surface area contributed by atoms with E-state index in [9.17, 15) is 4.79 Å². The van der Waals surface area contributed by atoms with E-state index in [4.69, 9.17) is 0 Å². The van der Waals surface area contributed by atoms with Crippen LogP contribution in [0.15, 0.2) is 30.5 Å². The van der Waals surface area contributed by atoms with Gasteiger partial charge in [-0.25, -0.2) is 4.79 Å². The van der Waals surface area contributed by atoms with Crippen molar-refractivity contribution in [1.29, 1.82) is 0 Å². The smallest absolute Gasteiger partial charge is 0.321 e. The Hall–Kier alpha value is -2.83. The topological polar surface area (TPSA) is 64.6 Å². The molecule has 0 aliphatic carbocycles. The molecule has 7 heteroatoms. The average molecular weight is 354 g/mol. The van der Waals surface area contributed by atoms with Crippen molar-refractivity contribution in [3.05, 3.63) is 41.6 Å². The second-order valence-corrected chi connectivity index (χ2v) is 6.95. The molecule has 2 amide bonds. The maximum atomic E-state index is 12.5. The number of carbonyl (C=O) groups is 1. The highest BCUT2D eigenvalue weighted by Gasteiger charge is 2.22. The van der Waals surface area contributed by atoms with Crippen LogP contribution in [-0.2, 0) is 0 Å². The monoisotopic (exact) mass is 354 g/mol. The van der Waals surface area contributed by atoms with Gasteiger partial charge in [-0.15, -0.1) is 5.10 Å². The molecule has 0 bridgehead atoms. The molecule has 0 unspecified atom stereocenters. The summed E-state index contributed by atoms with van der Waals surface area (Å²) in [7, 11) is 3.96. The van der Waals surface area contributed by atoms with Crippen molar-refractivity contribution in [3.63, 3.8) is 0 Å². The largest absolute Gasteiger partial charge is 0.376 e. The fourth-order valence-corrected chi connectivity index (χ4v) is 3.13. The number of hydrogen-bond donors (Lipinski definition) is 1. The number of anilines is 3. The summed E-state index contributed by atoms with van der Waals surface area (Å²) in [6, 6.07) is 8.05. The quantitative estimate of drug-likeness (QED) is 0.917. The number of aromatic nitrogens is 2. The summed E-state index contributed by atoms with van der Waals surface area (Å²) < 4.78 is 0. The summed E-state index contributed by atoms with van der Waals surface area (Å²) in [5, 5.41) is 11.3. The third-order valence-electron chi connectivity index (χ3n) is 4.51. The van der Waals surface area contributed by atoms with Crippen LogP contribution >= 0.6 is 0 Å². The highest BCUT2D eigenvalue weighted by Crippen LogP contribution is 2.19. The Morgan fingerprint density at radius 1 is 1.04 bits per heavy atom. The number of benzene rings is 1. The Morgan fingerprint density at radius 3 is 2.31 bits per heavy atom. The van der Waals surface area contributed by atoms with Crippen LogP contribution in [-0.4, -0.2) is 61.4 Å². The summed E-state index contributed by atoms with van der Waals surface area (Å²) in [4.78, 5) is 18.6. The van der Waals surface area contributed by atoms with E-state index in [1.54, 1.807) is 6.20 Å². The Bertz CT molecular complexity index is 763. The molecule has 0 saturated carbocycles. The van der Waals surface area contributed by atoms with Gasteiger partial charge in [-0.2, -0.15) is 5.10 Å². The lowest BCUT2D eigenvalue weighted by Crippen LogP contribution is -2.50. The number of rotatable bonds is 3. The zero-order valence-electron chi connectivity index (χ0n) is 15.9. The van der Waals surface area contributed by atoms with Crippen LogP contribution < -0.4 is 15.1 Å². The van der Waals surface area contributed by atoms with E-state index in [-0.39, 0.29) is 6.03 Å². The molecule has 0 spiro atoms. The van der Waals surface area contributed by atoms with Crippen LogP contribution in [0.1, 0.15) is 11.1 Å². The first-order valence-electron chi connectivity index (χ1n) is 8.81.